The van der Waals surface area contributed by atoms with E-state index >= 15 is 0 Å². The van der Waals surface area contributed by atoms with E-state index in [1.54, 1.807) is 0 Å². The molecule has 1 aromatic rings. The molecule has 1 atom stereocenters. The van der Waals surface area contributed by atoms with Crippen LogP contribution in [0.2, 0.25) is 0 Å². The third kappa shape index (κ3) is 3.54. The van der Waals surface area contributed by atoms with Gasteiger partial charge in [0.1, 0.15) is 5.92 Å². The lowest BCUT2D eigenvalue weighted by molar-refractivity contribution is -0.359. The topological polar surface area (TPSA) is 20.2 Å². The van der Waals surface area contributed by atoms with Gasteiger partial charge in [-0.1, -0.05) is 24.3 Å². The van der Waals surface area contributed by atoms with Crippen molar-refractivity contribution < 1.29 is 49.0 Å². The Morgan fingerprint density at radius 2 is 1.22 bits per heavy atom. The van der Waals surface area contributed by atoms with Gasteiger partial charge in [0.25, 0.3) is 0 Å². The van der Waals surface area contributed by atoms with Gasteiger partial charge >= 0.3 is 24.2 Å². The number of hydrogen-bond donors (Lipinski definition) is 1. The molecule has 1 nitrogen and oxygen atoms in total. The van der Waals surface area contributed by atoms with Crippen molar-refractivity contribution in [2.75, 3.05) is 6.61 Å². The quantitative estimate of drug-likeness (QED) is 0.780. The summed E-state index contributed by atoms with van der Waals surface area (Å²) >= 11 is 0. The molecule has 132 valence electrons. The summed E-state index contributed by atoms with van der Waals surface area (Å²) in [5, 5.41) is 8.64. The molecule has 0 spiro atoms. The number of alkyl halides is 10. The minimum Gasteiger partial charge on any atom is -0.395 e. The highest BCUT2D eigenvalue weighted by atomic mass is 19.4. The fourth-order valence-electron chi connectivity index (χ4n) is 1.68. The second kappa shape index (κ2) is 5.84. The number of aliphatic hydroxyl groups excluding tert-OH is 1. The van der Waals surface area contributed by atoms with Crippen LogP contribution >= 0.6 is 0 Å². The Bertz CT molecular complexity index is 528. The van der Waals surface area contributed by atoms with E-state index in [-0.39, 0.29) is 12.1 Å². The predicted molar refractivity (Wildman–Crippen MR) is 57.2 cm³/mol. The van der Waals surface area contributed by atoms with Crippen LogP contribution in [-0.4, -0.2) is 30.0 Å². The molecule has 0 aliphatic heterocycles. The summed E-state index contributed by atoms with van der Waals surface area (Å²) in [6, 6.07) is 0.681. The molecule has 0 amide bonds. The Kier molecular flexibility index (Phi) is 4.96. The predicted octanol–water partition coefficient (Wildman–Crippen LogP) is 4.61. The Labute approximate surface area is 122 Å². The normalized spacial score (nSPS) is 15.6. The highest BCUT2D eigenvalue weighted by Crippen LogP contribution is 2.51. The summed E-state index contributed by atoms with van der Waals surface area (Å²) in [6.07, 6.45) is -11.5. The number of benzene rings is 1. The summed E-state index contributed by atoms with van der Waals surface area (Å²) in [4.78, 5) is 0. The fraction of sp³-hybridized carbons (Fsp3) is 0.500. The first-order chi connectivity index (χ1) is 10.2. The third-order valence-corrected chi connectivity index (χ3v) is 3.00. The Morgan fingerprint density at radius 1 is 0.783 bits per heavy atom. The van der Waals surface area contributed by atoms with Gasteiger partial charge in [-0.15, -0.1) is 0 Å². The van der Waals surface area contributed by atoms with Gasteiger partial charge in [0.2, 0.25) is 0 Å². The van der Waals surface area contributed by atoms with Crippen LogP contribution < -0.4 is 0 Å². The number of aliphatic hydroxyl groups is 1. The van der Waals surface area contributed by atoms with Crippen LogP contribution in [0.1, 0.15) is 17.0 Å². The number of rotatable bonds is 4. The first-order valence-corrected chi connectivity index (χ1v) is 5.76. The van der Waals surface area contributed by atoms with E-state index in [0.717, 1.165) is 0 Å². The van der Waals surface area contributed by atoms with Crippen LogP contribution in [0.3, 0.4) is 0 Å². The molecule has 0 heterocycles. The molecule has 1 N–H and O–H groups in total. The maximum absolute atomic E-state index is 13.3. The highest BCUT2D eigenvalue weighted by Gasteiger charge is 2.73. The lowest BCUT2D eigenvalue weighted by Crippen LogP contribution is -2.50. The van der Waals surface area contributed by atoms with Crippen LogP contribution in [0.15, 0.2) is 24.3 Å². The van der Waals surface area contributed by atoms with Crippen molar-refractivity contribution in [3.05, 3.63) is 35.4 Å². The van der Waals surface area contributed by atoms with Crippen molar-refractivity contribution in [1.29, 1.82) is 0 Å². The van der Waals surface area contributed by atoms with Crippen molar-refractivity contribution in [1.82, 2.24) is 0 Å². The van der Waals surface area contributed by atoms with Crippen molar-refractivity contribution in [2.45, 2.75) is 30.1 Å². The minimum atomic E-state index is -6.55. The molecule has 1 unspecified atom stereocenters. The zero-order valence-electron chi connectivity index (χ0n) is 10.8. The van der Waals surface area contributed by atoms with E-state index in [4.69, 9.17) is 5.11 Å². The van der Waals surface area contributed by atoms with Gasteiger partial charge in [-0.25, -0.2) is 0 Å². The van der Waals surface area contributed by atoms with Gasteiger partial charge in [-0.3, -0.25) is 0 Å². The molecule has 0 aliphatic carbocycles. The average molecular weight is 358 g/mol. The molecule has 0 fully saturated rings. The summed E-state index contributed by atoms with van der Waals surface area (Å²) in [5.41, 5.74) is -2.56. The molecule has 0 saturated heterocycles. The van der Waals surface area contributed by atoms with Gasteiger partial charge in [-0.2, -0.15) is 43.9 Å². The zero-order valence-corrected chi connectivity index (χ0v) is 10.8. The second-order valence-corrected chi connectivity index (χ2v) is 4.55. The zero-order chi connectivity index (χ0) is 18.3. The molecular formula is C12H8F10O. The summed E-state index contributed by atoms with van der Waals surface area (Å²) < 4.78 is 126. The maximum Gasteiger partial charge on any atom is 0.460 e. The number of hydrogen-bond acceptors (Lipinski definition) is 1. The van der Waals surface area contributed by atoms with E-state index in [2.05, 4.69) is 0 Å². The smallest absolute Gasteiger partial charge is 0.395 e. The van der Waals surface area contributed by atoms with E-state index < -0.39 is 47.8 Å². The van der Waals surface area contributed by atoms with Crippen molar-refractivity contribution in [2.24, 2.45) is 0 Å². The van der Waals surface area contributed by atoms with Gasteiger partial charge < -0.3 is 5.11 Å². The second-order valence-electron chi connectivity index (χ2n) is 4.55. The average Bonchev–Trinajstić information content (AvgIpc) is 2.37. The SMILES string of the molecule is OCC(c1ccc(C(F)(F)C(F)(F)C(F)(F)F)cc1)C(F)(F)F. The van der Waals surface area contributed by atoms with Gasteiger partial charge in [0.15, 0.2) is 0 Å². The lowest BCUT2D eigenvalue weighted by atomic mass is 9.95. The first-order valence-electron chi connectivity index (χ1n) is 5.76. The highest BCUT2D eigenvalue weighted by molar-refractivity contribution is 5.30. The Morgan fingerprint density at radius 3 is 1.52 bits per heavy atom. The Hall–Kier alpha value is -1.52. The molecule has 0 saturated carbocycles. The van der Waals surface area contributed by atoms with Crippen molar-refractivity contribution in [3.8, 4) is 0 Å². The molecule has 0 aliphatic rings. The molecule has 23 heavy (non-hydrogen) atoms. The van der Waals surface area contributed by atoms with Crippen LogP contribution in [0.25, 0.3) is 0 Å². The fourth-order valence-corrected chi connectivity index (χ4v) is 1.68. The third-order valence-electron chi connectivity index (χ3n) is 3.00. The molecule has 11 heteroatoms. The van der Waals surface area contributed by atoms with E-state index in [1.165, 1.54) is 0 Å². The van der Waals surface area contributed by atoms with Gasteiger partial charge in [0.05, 0.1) is 6.61 Å². The summed E-state index contributed by atoms with van der Waals surface area (Å²) in [6.45, 7) is -1.45. The summed E-state index contributed by atoms with van der Waals surface area (Å²) in [7, 11) is 0. The van der Waals surface area contributed by atoms with Gasteiger partial charge in [-0.05, 0) is 5.56 Å². The van der Waals surface area contributed by atoms with Crippen molar-refractivity contribution in [3.63, 3.8) is 0 Å². The van der Waals surface area contributed by atoms with Crippen molar-refractivity contribution >= 4 is 0 Å². The first kappa shape index (κ1) is 19.5. The Balaban J connectivity index is 3.23. The largest absolute Gasteiger partial charge is 0.460 e. The molecule has 0 radical (unpaired) electrons. The summed E-state index contributed by atoms with van der Waals surface area (Å²) in [5.74, 6) is -14.5. The van der Waals surface area contributed by atoms with E-state index in [0.29, 0.717) is 12.1 Å². The number of halogens is 10. The van der Waals surface area contributed by atoms with E-state index in [9.17, 15) is 43.9 Å². The van der Waals surface area contributed by atoms with E-state index in [1.807, 2.05) is 0 Å². The lowest BCUT2D eigenvalue weighted by Gasteiger charge is -2.28. The van der Waals surface area contributed by atoms with Crippen LogP contribution in [-0.2, 0) is 5.92 Å². The molecule has 1 rings (SSSR count). The monoisotopic (exact) mass is 358 g/mol. The molecule has 1 aromatic carbocycles. The van der Waals surface area contributed by atoms with Gasteiger partial charge in [0, 0.05) is 5.56 Å². The van der Waals surface area contributed by atoms with Crippen LogP contribution in [0, 0.1) is 0 Å². The van der Waals surface area contributed by atoms with Crippen LogP contribution in [0.4, 0.5) is 43.9 Å². The standard InChI is InChI=1S/C12H8F10O/c13-9(14,11(18,19)12(20,21)22)7-3-1-6(2-4-7)8(5-23)10(15,16)17/h1-4,8,23H,5H2. The molecule has 0 bridgehead atoms. The molecular weight excluding hydrogens is 350 g/mol. The minimum absolute atomic E-state index is 0.0311. The maximum atomic E-state index is 13.3. The van der Waals surface area contributed by atoms with Crippen LogP contribution in [0.5, 0.6) is 0 Å². The molecule has 0 aromatic heterocycles.